The van der Waals surface area contributed by atoms with E-state index in [1.807, 2.05) is 7.05 Å². The highest BCUT2D eigenvalue weighted by Gasteiger charge is 2.14. The summed E-state index contributed by atoms with van der Waals surface area (Å²) in [5.74, 6) is 0.568. The first-order valence-corrected chi connectivity index (χ1v) is 7.44. The number of halogens is 1. The lowest BCUT2D eigenvalue weighted by molar-refractivity contribution is 0.401. The van der Waals surface area contributed by atoms with E-state index >= 15 is 0 Å². The minimum absolute atomic E-state index is 0.00686. The Kier molecular flexibility index (Phi) is 6.55. The zero-order valence-electron chi connectivity index (χ0n) is 14.2. The van der Waals surface area contributed by atoms with E-state index in [-0.39, 0.29) is 11.4 Å². The van der Waals surface area contributed by atoms with Gasteiger partial charge in [-0.1, -0.05) is 0 Å². The highest BCUT2D eigenvalue weighted by Crippen LogP contribution is 2.18. The Bertz CT molecular complexity index is 440. The molecule has 0 amide bonds. The van der Waals surface area contributed by atoms with E-state index in [9.17, 15) is 4.39 Å². The number of nitrogens with zero attached hydrogens (tertiary/aromatic N) is 3. The Labute approximate surface area is 128 Å². The molecule has 0 unspecified atom stereocenters. The summed E-state index contributed by atoms with van der Waals surface area (Å²) in [6.45, 7) is 8.84. The van der Waals surface area contributed by atoms with Crippen molar-refractivity contribution >= 4 is 5.82 Å². The first-order chi connectivity index (χ1) is 9.69. The molecule has 0 radical (unpaired) electrons. The van der Waals surface area contributed by atoms with Gasteiger partial charge in [0.05, 0.1) is 6.20 Å². The van der Waals surface area contributed by atoms with Gasteiger partial charge in [0.15, 0.2) is 0 Å². The molecule has 1 aromatic rings. The third-order valence-electron chi connectivity index (χ3n) is 3.18. The van der Waals surface area contributed by atoms with Crippen molar-refractivity contribution in [3.05, 3.63) is 23.6 Å². The Morgan fingerprint density at radius 3 is 2.43 bits per heavy atom. The predicted molar refractivity (Wildman–Crippen MR) is 87.2 cm³/mol. The number of anilines is 1. The Morgan fingerprint density at radius 1 is 1.19 bits per heavy atom. The topological polar surface area (TPSA) is 31.4 Å². The second kappa shape index (κ2) is 7.71. The number of hydrogen-bond acceptors (Lipinski definition) is 4. The van der Waals surface area contributed by atoms with Crippen LogP contribution in [0.3, 0.4) is 0 Å². The molecule has 120 valence electrons. The summed E-state index contributed by atoms with van der Waals surface area (Å²) in [4.78, 5) is 8.53. The van der Waals surface area contributed by atoms with Gasteiger partial charge in [-0.2, -0.15) is 0 Å². The second-order valence-corrected chi connectivity index (χ2v) is 6.82. The van der Waals surface area contributed by atoms with Crippen molar-refractivity contribution in [1.82, 2.24) is 15.2 Å². The van der Waals surface area contributed by atoms with Crippen LogP contribution in [-0.2, 0) is 6.54 Å². The fourth-order valence-electron chi connectivity index (χ4n) is 2.04. The largest absolute Gasteiger partial charge is 0.359 e. The first kappa shape index (κ1) is 17.9. The van der Waals surface area contributed by atoms with E-state index in [0.29, 0.717) is 6.54 Å². The van der Waals surface area contributed by atoms with Gasteiger partial charge in [-0.3, -0.25) is 0 Å². The number of aromatic nitrogens is 1. The summed E-state index contributed by atoms with van der Waals surface area (Å²) < 4.78 is 13.5. The smallest absolute Gasteiger partial charge is 0.141 e. The molecule has 1 aromatic heterocycles. The molecule has 0 atom stereocenters. The van der Waals surface area contributed by atoms with Crippen molar-refractivity contribution in [2.24, 2.45) is 0 Å². The quantitative estimate of drug-likeness (QED) is 0.838. The average Bonchev–Trinajstić information content (AvgIpc) is 2.35. The monoisotopic (exact) mass is 296 g/mol. The van der Waals surface area contributed by atoms with Gasteiger partial charge in [0.2, 0.25) is 0 Å². The van der Waals surface area contributed by atoms with Crippen molar-refractivity contribution in [2.75, 3.05) is 39.1 Å². The Hall–Kier alpha value is -1.20. The fraction of sp³-hybridized carbons (Fsp3) is 0.688. The summed E-state index contributed by atoms with van der Waals surface area (Å²) in [5, 5.41) is 3.39. The zero-order valence-corrected chi connectivity index (χ0v) is 14.2. The van der Waals surface area contributed by atoms with Gasteiger partial charge in [-0.15, -0.1) is 0 Å². The third-order valence-corrected chi connectivity index (χ3v) is 3.18. The average molecular weight is 296 g/mol. The molecule has 5 heteroatoms. The molecule has 0 saturated heterocycles. The lowest BCUT2D eigenvalue weighted by atomic mass is 10.1. The van der Waals surface area contributed by atoms with Crippen LogP contribution in [0.25, 0.3) is 0 Å². The van der Waals surface area contributed by atoms with Crippen LogP contribution in [0.1, 0.15) is 32.8 Å². The molecule has 0 bridgehead atoms. The summed E-state index contributed by atoms with van der Waals surface area (Å²) in [6, 6.07) is 1.57. The predicted octanol–water partition coefficient (Wildman–Crippen LogP) is 2.50. The highest BCUT2D eigenvalue weighted by molar-refractivity contribution is 5.46. The van der Waals surface area contributed by atoms with Crippen molar-refractivity contribution in [3.63, 3.8) is 0 Å². The summed E-state index contributed by atoms with van der Waals surface area (Å²) in [7, 11) is 6.14. The Morgan fingerprint density at radius 2 is 1.86 bits per heavy atom. The van der Waals surface area contributed by atoms with Crippen molar-refractivity contribution in [1.29, 1.82) is 0 Å². The molecule has 0 aliphatic carbocycles. The highest BCUT2D eigenvalue weighted by atomic mass is 19.1. The number of nitrogens with one attached hydrogen (secondary N) is 1. The Balaban J connectivity index is 2.75. The minimum Gasteiger partial charge on any atom is -0.359 e. The van der Waals surface area contributed by atoms with Crippen LogP contribution >= 0.6 is 0 Å². The van der Waals surface area contributed by atoms with Crippen LogP contribution in [0.2, 0.25) is 0 Å². The molecule has 0 fully saturated rings. The number of hydrogen-bond donors (Lipinski definition) is 1. The molecular formula is C16H29FN4. The molecule has 0 aliphatic heterocycles. The van der Waals surface area contributed by atoms with Gasteiger partial charge >= 0.3 is 0 Å². The van der Waals surface area contributed by atoms with Crippen LogP contribution < -0.4 is 10.2 Å². The van der Waals surface area contributed by atoms with Gasteiger partial charge in [0.1, 0.15) is 11.6 Å². The summed E-state index contributed by atoms with van der Waals surface area (Å²) in [5.41, 5.74) is 0.893. The van der Waals surface area contributed by atoms with Crippen LogP contribution in [-0.4, -0.2) is 49.7 Å². The lowest BCUT2D eigenvalue weighted by Gasteiger charge is -2.25. The number of pyridine rings is 1. The van der Waals surface area contributed by atoms with Crippen LogP contribution in [0, 0.1) is 5.82 Å². The fourth-order valence-corrected chi connectivity index (χ4v) is 2.04. The third kappa shape index (κ3) is 6.87. The van der Waals surface area contributed by atoms with E-state index in [1.165, 1.54) is 6.20 Å². The molecule has 0 aliphatic rings. The van der Waals surface area contributed by atoms with E-state index < -0.39 is 0 Å². The maximum Gasteiger partial charge on any atom is 0.141 e. The van der Waals surface area contributed by atoms with Crippen molar-refractivity contribution < 1.29 is 4.39 Å². The maximum atomic E-state index is 13.5. The molecule has 0 saturated carbocycles. The van der Waals surface area contributed by atoms with Crippen molar-refractivity contribution in [3.8, 4) is 0 Å². The molecular weight excluding hydrogens is 267 g/mol. The molecule has 1 heterocycles. The van der Waals surface area contributed by atoms with Gasteiger partial charge < -0.3 is 15.1 Å². The van der Waals surface area contributed by atoms with Gasteiger partial charge in [0.25, 0.3) is 0 Å². The van der Waals surface area contributed by atoms with Crippen molar-refractivity contribution in [2.45, 2.75) is 39.3 Å². The zero-order chi connectivity index (χ0) is 16.0. The molecule has 1 N–H and O–H groups in total. The number of rotatable bonds is 7. The maximum absolute atomic E-state index is 13.5. The first-order valence-electron chi connectivity index (χ1n) is 7.44. The van der Waals surface area contributed by atoms with Crippen LogP contribution in [0.5, 0.6) is 0 Å². The lowest BCUT2D eigenvalue weighted by Crippen LogP contribution is -2.36. The molecule has 4 nitrogen and oxygen atoms in total. The van der Waals surface area contributed by atoms with E-state index in [2.05, 4.69) is 55.0 Å². The van der Waals surface area contributed by atoms with Gasteiger partial charge in [0, 0.05) is 31.2 Å². The SMILES string of the molecule is CN(C)CCCN(C)c1ncc(F)cc1CNC(C)(C)C. The molecule has 1 rings (SSSR count). The van der Waals surface area contributed by atoms with Crippen LogP contribution in [0.4, 0.5) is 10.2 Å². The second-order valence-electron chi connectivity index (χ2n) is 6.82. The van der Waals surface area contributed by atoms with E-state index in [4.69, 9.17) is 0 Å². The van der Waals surface area contributed by atoms with Crippen LogP contribution in [0.15, 0.2) is 12.3 Å². The van der Waals surface area contributed by atoms with Gasteiger partial charge in [-0.25, -0.2) is 9.37 Å². The summed E-state index contributed by atoms with van der Waals surface area (Å²) in [6.07, 6.45) is 2.34. The van der Waals surface area contributed by atoms with E-state index in [1.54, 1.807) is 6.07 Å². The van der Waals surface area contributed by atoms with Gasteiger partial charge in [-0.05, 0) is 53.9 Å². The summed E-state index contributed by atoms with van der Waals surface area (Å²) >= 11 is 0. The molecule has 0 aromatic carbocycles. The standard InChI is InChI=1S/C16H29FN4/c1-16(2,3)19-11-13-10-14(17)12-18-15(13)21(6)9-7-8-20(4)5/h10,12,19H,7-9,11H2,1-6H3. The normalized spacial score (nSPS) is 12.0. The minimum atomic E-state index is -0.286. The molecule has 21 heavy (non-hydrogen) atoms. The van der Waals surface area contributed by atoms with E-state index in [0.717, 1.165) is 30.9 Å². The molecule has 0 spiro atoms.